The second-order valence-electron chi connectivity index (χ2n) is 7.97. The lowest BCUT2D eigenvalue weighted by molar-refractivity contribution is -0.116. The van der Waals surface area contributed by atoms with Crippen LogP contribution in [0.3, 0.4) is 0 Å². The molecular formula is C23H27N3O2S. The molecule has 2 aliphatic heterocycles. The number of benzene rings is 2. The minimum Gasteiger partial charge on any atom is -0.324 e. The van der Waals surface area contributed by atoms with Crippen molar-refractivity contribution in [1.82, 2.24) is 4.90 Å². The summed E-state index contributed by atoms with van der Waals surface area (Å²) >= 11 is 1.72. The summed E-state index contributed by atoms with van der Waals surface area (Å²) in [7, 11) is 0. The Labute approximate surface area is 176 Å². The van der Waals surface area contributed by atoms with Gasteiger partial charge >= 0.3 is 6.03 Å². The molecule has 1 spiro atoms. The minimum atomic E-state index is -0.249. The Morgan fingerprint density at radius 3 is 2.52 bits per heavy atom. The smallest absolute Gasteiger partial charge is 0.321 e. The Morgan fingerprint density at radius 2 is 1.79 bits per heavy atom. The molecular weight excluding hydrogens is 382 g/mol. The first-order valence-corrected chi connectivity index (χ1v) is 11.0. The van der Waals surface area contributed by atoms with E-state index in [0.717, 1.165) is 40.9 Å². The van der Waals surface area contributed by atoms with Gasteiger partial charge < -0.3 is 10.2 Å². The summed E-state index contributed by atoms with van der Waals surface area (Å²) in [6.07, 6.45) is 1.55. The molecule has 152 valence electrons. The molecule has 0 atom stereocenters. The van der Waals surface area contributed by atoms with E-state index in [4.69, 9.17) is 0 Å². The number of likely N-dealkylation sites (tertiary alicyclic amines) is 1. The highest BCUT2D eigenvalue weighted by Crippen LogP contribution is 2.46. The van der Waals surface area contributed by atoms with Crippen LogP contribution in [-0.4, -0.2) is 40.6 Å². The minimum absolute atomic E-state index is 0.0648. The lowest BCUT2D eigenvalue weighted by Gasteiger charge is -2.44. The second kappa shape index (κ2) is 7.75. The SMILES string of the molecule is Cc1cccc(N2C(=O)CSC23CCN(C(=O)Nc2cccc(C)c2C)CC3)c1. The first-order chi connectivity index (χ1) is 13.9. The molecule has 0 aromatic heterocycles. The zero-order valence-electron chi connectivity index (χ0n) is 17.2. The van der Waals surface area contributed by atoms with Gasteiger partial charge in [0.2, 0.25) is 5.91 Å². The van der Waals surface area contributed by atoms with Crippen LogP contribution in [0.2, 0.25) is 0 Å². The van der Waals surface area contributed by atoms with Crippen LogP contribution in [0.15, 0.2) is 42.5 Å². The number of hydrogen-bond donors (Lipinski definition) is 1. The number of anilines is 2. The predicted octanol–water partition coefficient (Wildman–Crippen LogP) is 4.72. The number of aryl methyl sites for hydroxylation is 2. The number of carbonyl (C=O) groups excluding carboxylic acids is 2. The Hall–Kier alpha value is -2.47. The van der Waals surface area contributed by atoms with E-state index in [9.17, 15) is 9.59 Å². The van der Waals surface area contributed by atoms with Gasteiger partial charge in [-0.2, -0.15) is 0 Å². The van der Waals surface area contributed by atoms with Crippen molar-refractivity contribution in [2.45, 2.75) is 38.5 Å². The molecule has 2 heterocycles. The maximum absolute atomic E-state index is 12.8. The van der Waals surface area contributed by atoms with Gasteiger partial charge in [-0.1, -0.05) is 24.3 Å². The van der Waals surface area contributed by atoms with Gasteiger partial charge in [0.15, 0.2) is 0 Å². The maximum Gasteiger partial charge on any atom is 0.321 e. The molecule has 1 N–H and O–H groups in total. The number of urea groups is 1. The molecule has 0 bridgehead atoms. The monoisotopic (exact) mass is 409 g/mol. The van der Waals surface area contributed by atoms with Crippen molar-refractivity contribution in [2.75, 3.05) is 29.1 Å². The highest BCUT2D eigenvalue weighted by atomic mass is 32.2. The zero-order valence-corrected chi connectivity index (χ0v) is 18.0. The van der Waals surface area contributed by atoms with Gasteiger partial charge in [0, 0.05) is 24.5 Å². The zero-order chi connectivity index (χ0) is 20.6. The van der Waals surface area contributed by atoms with Gasteiger partial charge in [-0.3, -0.25) is 9.69 Å². The van der Waals surface area contributed by atoms with Crippen molar-refractivity contribution < 1.29 is 9.59 Å². The third kappa shape index (κ3) is 3.73. The highest BCUT2D eigenvalue weighted by molar-refractivity contribution is 8.02. The summed E-state index contributed by atoms with van der Waals surface area (Å²) in [5.41, 5.74) is 5.23. The number of nitrogens with zero attached hydrogens (tertiary/aromatic N) is 2. The van der Waals surface area contributed by atoms with Gasteiger partial charge in [-0.25, -0.2) is 4.79 Å². The summed E-state index contributed by atoms with van der Waals surface area (Å²) in [4.78, 5) is 29.1. The Morgan fingerprint density at radius 1 is 1.07 bits per heavy atom. The first kappa shape index (κ1) is 19.8. The van der Waals surface area contributed by atoms with Crippen LogP contribution >= 0.6 is 11.8 Å². The van der Waals surface area contributed by atoms with E-state index >= 15 is 0 Å². The largest absolute Gasteiger partial charge is 0.324 e. The Kier molecular flexibility index (Phi) is 5.30. The fourth-order valence-corrected chi connectivity index (χ4v) is 5.54. The van der Waals surface area contributed by atoms with Crippen LogP contribution in [-0.2, 0) is 4.79 Å². The van der Waals surface area contributed by atoms with Crippen molar-refractivity contribution in [2.24, 2.45) is 0 Å². The molecule has 0 unspecified atom stereocenters. The molecule has 4 rings (SSSR count). The van der Waals surface area contributed by atoms with Gasteiger partial charge in [-0.05, 0) is 68.5 Å². The molecule has 29 heavy (non-hydrogen) atoms. The highest BCUT2D eigenvalue weighted by Gasteiger charge is 2.49. The molecule has 0 radical (unpaired) electrons. The van der Waals surface area contributed by atoms with Crippen molar-refractivity contribution >= 4 is 35.1 Å². The van der Waals surface area contributed by atoms with E-state index in [1.54, 1.807) is 11.8 Å². The molecule has 2 aliphatic rings. The van der Waals surface area contributed by atoms with Crippen LogP contribution in [0.5, 0.6) is 0 Å². The molecule has 2 saturated heterocycles. The number of carbonyl (C=O) groups is 2. The van der Waals surface area contributed by atoms with Gasteiger partial charge in [-0.15, -0.1) is 11.8 Å². The molecule has 5 nitrogen and oxygen atoms in total. The summed E-state index contributed by atoms with van der Waals surface area (Å²) < 4.78 is 0. The van der Waals surface area contributed by atoms with Crippen molar-refractivity contribution in [1.29, 1.82) is 0 Å². The first-order valence-electron chi connectivity index (χ1n) is 10.1. The summed E-state index contributed by atoms with van der Waals surface area (Å²) in [6, 6.07) is 14.0. The third-order valence-corrected chi connectivity index (χ3v) is 7.58. The molecule has 2 aromatic carbocycles. The number of rotatable bonds is 2. The predicted molar refractivity (Wildman–Crippen MR) is 120 cm³/mol. The van der Waals surface area contributed by atoms with Crippen molar-refractivity contribution in [3.8, 4) is 0 Å². The average Bonchev–Trinajstić information content (AvgIpc) is 3.01. The normalized spacial score (nSPS) is 18.4. The van der Waals surface area contributed by atoms with E-state index in [-0.39, 0.29) is 16.8 Å². The molecule has 2 fully saturated rings. The number of amides is 3. The maximum atomic E-state index is 12.8. The van der Waals surface area contributed by atoms with E-state index in [0.29, 0.717) is 18.8 Å². The lowest BCUT2D eigenvalue weighted by Crippen LogP contribution is -2.53. The number of nitrogens with one attached hydrogen (secondary N) is 1. The quantitative estimate of drug-likeness (QED) is 0.781. The number of thioether (sulfide) groups is 1. The van der Waals surface area contributed by atoms with Gasteiger partial charge in [0.25, 0.3) is 0 Å². The van der Waals surface area contributed by atoms with Crippen LogP contribution in [0, 0.1) is 20.8 Å². The third-order valence-electron chi connectivity index (χ3n) is 6.06. The molecule has 2 aromatic rings. The lowest BCUT2D eigenvalue weighted by atomic mass is 10.0. The van der Waals surface area contributed by atoms with Crippen LogP contribution < -0.4 is 10.2 Å². The number of hydrogen-bond acceptors (Lipinski definition) is 3. The van der Waals surface area contributed by atoms with Crippen LogP contribution in [0.25, 0.3) is 0 Å². The van der Waals surface area contributed by atoms with E-state index in [2.05, 4.69) is 11.4 Å². The van der Waals surface area contributed by atoms with E-state index in [1.807, 2.05) is 67.0 Å². The van der Waals surface area contributed by atoms with Gasteiger partial charge in [0.05, 0.1) is 10.6 Å². The van der Waals surface area contributed by atoms with Crippen molar-refractivity contribution in [3.63, 3.8) is 0 Å². The molecule has 6 heteroatoms. The van der Waals surface area contributed by atoms with E-state index in [1.165, 1.54) is 0 Å². The molecule has 0 aliphatic carbocycles. The Bertz CT molecular complexity index is 951. The molecule has 3 amide bonds. The summed E-state index contributed by atoms with van der Waals surface area (Å²) in [6.45, 7) is 7.39. The fraction of sp³-hybridized carbons (Fsp3) is 0.391. The van der Waals surface area contributed by atoms with E-state index < -0.39 is 0 Å². The Balaban J connectivity index is 1.47. The number of piperidine rings is 1. The second-order valence-corrected chi connectivity index (χ2v) is 9.30. The molecule has 0 saturated carbocycles. The topological polar surface area (TPSA) is 52.7 Å². The van der Waals surface area contributed by atoms with Gasteiger partial charge in [0.1, 0.15) is 0 Å². The fourth-order valence-electron chi connectivity index (χ4n) is 4.21. The average molecular weight is 410 g/mol. The van der Waals surface area contributed by atoms with Crippen LogP contribution in [0.4, 0.5) is 16.2 Å². The summed E-state index contributed by atoms with van der Waals surface area (Å²) in [5, 5.41) is 3.06. The summed E-state index contributed by atoms with van der Waals surface area (Å²) in [5.74, 6) is 0.664. The standard InChI is InChI=1S/C23H27N3O2S/c1-16-6-4-8-19(14-16)26-21(27)15-29-23(26)10-12-25(13-11-23)22(28)24-20-9-5-7-17(2)18(20)3/h4-9,14H,10-13,15H2,1-3H3,(H,24,28). The van der Waals surface area contributed by atoms with Crippen molar-refractivity contribution in [3.05, 3.63) is 59.2 Å². The van der Waals surface area contributed by atoms with Crippen LogP contribution in [0.1, 0.15) is 29.5 Å².